The van der Waals surface area contributed by atoms with Gasteiger partial charge in [-0.3, -0.25) is 0 Å². The van der Waals surface area contributed by atoms with Gasteiger partial charge in [0.05, 0.1) is 16.9 Å². The lowest BCUT2D eigenvalue weighted by Gasteiger charge is -2.11. The summed E-state index contributed by atoms with van der Waals surface area (Å²) in [6.07, 6.45) is 0. The first-order valence-electron chi connectivity index (χ1n) is 9.12. The van der Waals surface area contributed by atoms with Crippen molar-refractivity contribution >= 4 is 29.9 Å². The van der Waals surface area contributed by atoms with Gasteiger partial charge in [0, 0.05) is 0 Å². The number of carbonyl (C=O) groups is 1. The van der Waals surface area contributed by atoms with Crippen LogP contribution in [0.4, 0.5) is 11.4 Å². The summed E-state index contributed by atoms with van der Waals surface area (Å²) in [5.41, 5.74) is 4.89. The fourth-order valence-corrected chi connectivity index (χ4v) is 2.67. The van der Waals surface area contributed by atoms with Crippen LogP contribution in [0, 0.1) is 20.8 Å². The lowest BCUT2D eigenvalue weighted by Crippen LogP contribution is -2.29. The first-order chi connectivity index (χ1) is 13.8. The van der Waals surface area contributed by atoms with E-state index in [1.807, 2.05) is 45.0 Å². The number of azo groups is 1. The van der Waals surface area contributed by atoms with Crippen molar-refractivity contribution in [3.8, 4) is 5.75 Å². The second-order valence-corrected chi connectivity index (χ2v) is 6.75. The molecule has 0 aromatic heterocycles. The van der Waals surface area contributed by atoms with Gasteiger partial charge in [-0.2, -0.15) is 10.2 Å². The Balaban J connectivity index is 1.76. The van der Waals surface area contributed by atoms with Crippen molar-refractivity contribution in [2.75, 3.05) is 0 Å². The molecule has 3 rings (SSSR count). The normalized spacial score (nSPS) is 10.9. The summed E-state index contributed by atoms with van der Waals surface area (Å²) in [5.74, 6) is -0.0893. The summed E-state index contributed by atoms with van der Waals surface area (Å²) in [6.45, 7) is 5.76. The number of aryl methyl sites for hydroxylation is 1. The number of rotatable bonds is 5. The van der Waals surface area contributed by atoms with Gasteiger partial charge in [-0.1, -0.05) is 29.8 Å². The molecule has 2 N–H and O–H groups in total. The fraction of sp³-hybridized carbons (Fsp3) is 0.136. The quantitative estimate of drug-likeness (QED) is 0.300. The maximum atomic E-state index is 12.4. The Hall–Kier alpha value is -3.29. The van der Waals surface area contributed by atoms with E-state index in [4.69, 9.17) is 14.8 Å². The molecule has 0 saturated carbocycles. The molecule has 6 nitrogen and oxygen atoms in total. The molecule has 0 bridgehead atoms. The van der Waals surface area contributed by atoms with Gasteiger partial charge in [-0.05, 0) is 73.8 Å². The van der Waals surface area contributed by atoms with E-state index in [2.05, 4.69) is 10.2 Å². The standard InChI is InChI=1S/C22H21BN2O4/c1-14-4-10-19(11-5-14)24-25-20-12-13-21(16(3)15(20)2)29-22(26)17-6-8-18(9-7-17)23(27)28/h4-13,27-28H,1-3H3. The molecule has 7 heteroatoms. The minimum Gasteiger partial charge on any atom is -0.423 e. The molecule has 0 spiro atoms. The van der Waals surface area contributed by atoms with Crippen LogP contribution in [0.25, 0.3) is 0 Å². The Morgan fingerprint density at radius 1 is 0.828 bits per heavy atom. The zero-order valence-corrected chi connectivity index (χ0v) is 16.5. The summed E-state index contributed by atoms with van der Waals surface area (Å²) in [5, 5.41) is 26.8. The second-order valence-electron chi connectivity index (χ2n) is 6.75. The van der Waals surface area contributed by atoms with E-state index in [0.717, 1.165) is 22.4 Å². The molecule has 0 aliphatic carbocycles. The van der Waals surface area contributed by atoms with E-state index in [0.29, 0.717) is 22.5 Å². The van der Waals surface area contributed by atoms with Crippen LogP contribution in [0.15, 0.2) is 70.9 Å². The van der Waals surface area contributed by atoms with Crippen LogP contribution >= 0.6 is 0 Å². The molecular weight excluding hydrogens is 367 g/mol. The minimum atomic E-state index is -1.58. The molecule has 3 aromatic rings. The lowest BCUT2D eigenvalue weighted by molar-refractivity contribution is 0.0733. The fourth-order valence-electron chi connectivity index (χ4n) is 2.67. The number of hydrogen-bond acceptors (Lipinski definition) is 6. The number of nitrogens with zero attached hydrogens (tertiary/aromatic N) is 2. The van der Waals surface area contributed by atoms with E-state index < -0.39 is 13.1 Å². The molecule has 0 saturated heterocycles. The van der Waals surface area contributed by atoms with Crippen molar-refractivity contribution in [1.82, 2.24) is 0 Å². The smallest absolute Gasteiger partial charge is 0.423 e. The molecule has 0 unspecified atom stereocenters. The van der Waals surface area contributed by atoms with Crippen LogP contribution < -0.4 is 10.2 Å². The largest absolute Gasteiger partial charge is 0.488 e. The Morgan fingerprint density at radius 3 is 2.10 bits per heavy atom. The number of benzene rings is 3. The van der Waals surface area contributed by atoms with E-state index in [1.165, 1.54) is 24.3 Å². The second kappa shape index (κ2) is 8.81. The van der Waals surface area contributed by atoms with Crippen molar-refractivity contribution in [3.05, 3.63) is 82.9 Å². The molecule has 0 fully saturated rings. The third-order valence-corrected chi connectivity index (χ3v) is 4.66. The van der Waals surface area contributed by atoms with Crippen LogP contribution in [0.5, 0.6) is 5.75 Å². The summed E-state index contributed by atoms with van der Waals surface area (Å²) in [6, 6.07) is 17.1. The third-order valence-electron chi connectivity index (χ3n) is 4.66. The molecule has 0 aliphatic heterocycles. The first kappa shape index (κ1) is 20.4. The molecule has 29 heavy (non-hydrogen) atoms. The number of carbonyl (C=O) groups excluding carboxylic acids is 1. The molecule has 0 atom stereocenters. The van der Waals surface area contributed by atoms with E-state index in [1.54, 1.807) is 12.1 Å². The number of hydrogen-bond donors (Lipinski definition) is 2. The summed E-state index contributed by atoms with van der Waals surface area (Å²) < 4.78 is 5.51. The highest BCUT2D eigenvalue weighted by atomic mass is 16.5. The van der Waals surface area contributed by atoms with Crippen LogP contribution in [-0.2, 0) is 0 Å². The highest BCUT2D eigenvalue weighted by molar-refractivity contribution is 6.58. The number of ether oxygens (including phenoxy) is 1. The van der Waals surface area contributed by atoms with Gasteiger partial charge in [0.15, 0.2) is 0 Å². The lowest BCUT2D eigenvalue weighted by atomic mass is 9.80. The number of esters is 1. The Bertz CT molecular complexity index is 1050. The van der Waals surface area contributed by atoms with E-state index in [-0.39, 0.29) is 0 Å². The minimum absolute atomic E-state index is 0.303. The molecule has 0 radical (unpaired) electrons. The molecule has 3 aromatic carbocycles. The average Bonchev–Trinajstić information content (AvgIpc) is 2.72. The zero-order valence-electron chi connectivity index (χ0n) is 16.5. The van der Waals surface area contributed by atoms with E-state index in [9.17, 15) is 4.79 Å². The van der Waals surface area contributed by atoms with Crippen molar-refractivity contribution in [3.63, 3.8) is 0 Å². The third kappa shape index (κ3) is 4.96. The van der Waals surface area contributed by atoms with Gasteiger partial charge in [-0.15, -0.1) is 0 Å². The average molecular weight is 388 g/mol. The Morgan fingerprint density at radius 2 is 1.48 bits per heavy atom. The maximum absolute atomic E-state index is 12.4. The van der Waals surface area contributed by atoms with Crippen LogP contribution in [0.1, 0.15) is 27.0 Å². The molecular formula is C22H21BN2O4. The van der Waals surface area contributed by atoms with Crippen molar-refractivity contribution < 1.29 is 19.6 Å². The zero-order chi connectivity index (χ0) is 21.0. The molecule has 0 heterocycles. The molecule has 146 valence electrons. The first-order valence-corrected chi connectivity index (χ1v) is 9.12. The maximum Gasteiger partial charge on any atom is 0.488 e. The monoisotopic (exact) mass is 388 g/mol. The van der Waals surface area contributed by atoms with Crippen LogP contribution in [-0.4, -0.2) is 23.1 Å². The Kier molecular flexibility index (Phi) is 6.21. The highest BCUT2D eigenvalue weighted by Gasteiger charge is 2.15. The highest BCUT2D eigenvalue weighted by Crippen LogP contribution is 2.31. The topological polar surface area (TPSA) is 91.5 Å². The summed E-state index contributed by atoms with van der Waals surface area (Å²) in [7, 11) is -1.58. The van der Waals surface area contributed by atoms with Crippen molar-refractivity contribution in [1.29, 1.82) is 0 Å². The van der Waals surface area contributed by atoms with Crippen LogP contribution in [0.2, 0.25) is 0 Å². The van der Waals surface area contributed by atoms with Gasteiger partial charge in [0.2, 0.25) is 0 Å². The van der Waals surface area contributed by atoms with Gasteiger partial charge >= 0.3 is 13.1 Å². The summed E-state index contributed by atoms with van der Waals surface area (Å²) >= 11 is 0. The summed E-state index contributed by atoms with van der Waals surface area (Å²) in [4.78, 5) is 12.4. The van der Waals surface area contributed by atoms with Gasteiger partial charge in [0.25, 0.3) is 0 Å². The van der Waals surface area contributed by atoms with Crippen molar-refractivity contribution in [2.45, 2.75) is 20.8 Å². The Labute approximate surface area is 169 Å². The molecule has 0 aliphatic rings. The SMILES string of the molecule is Cc1ccc(N=Nc2ccc(OC(=O)c3ccc(B(O)O)cc3)c(C)c2C)cc1. The van der Waals surface area contributed by atoms with Gasteiger partial charge < -0.3 is 14.8 Å². The van der Waals surface area contributed by atoms with Crippen molar-refractivity contribution in [2.24, 2.45) is 10.2 Å². The van der Waals surface area contributed by atoms with Gasteiger partial charge in [-0.25, -0.2) is 4.79 Å². The van der Waals surface area contributed by atoms with E-state index >= 15 is 0 Å². The van der Waals surface area contributed by atoms with Crippen LogP contribution in [0.3, 0.4) is 0 Å². The predicted molar refractivity (Wildman–Crippen MR) is 112 cm³/mol. The molecule has 0 amide bonds. The predicted octanol–water partition coefficient (Wildman–Crippen LogP) is 3.93. The van der Waals surface area contributed by atoms with Gasteiger partial charge in [0.1, 0.15) is 5.75 Å².